The molecule has 0 bridgehead atoms. The number of unbranched alkanes of at least 4 members (excludes halogenated alkanes) is 25. The maximum Gasteiger partial charge on any atom is 0.0230 e. The van der Waals surface area contributed by atoms with Crippen molar-refractivity contribution < 1.29 is 1.37 Å². The summed E-state index contributed by atoms with van der Waals surface area (Å²) in [4.78, 5) is 0. The van der Waals surface area contributed by atoms with E-state index in [1.807, 2.05) is 0 Å². The van der Waals surface area contributed by atoms with Crippen LogP contribution in [-0.4, -0.2) is 0 Å². The van der Waals surface area contributed by atoms with Gasteiger partial charge in [0, 0.05) is 1.37 Å². The van der Waals surface area contributed by atoms with Crippen LogP contribution in [0.4, 0.5) is 0 Å². The zero-order valence-corrected chi connectivity index (χ0v) is 20.1. The SMILES string of the molecule is [2H]CCCCCCCCCCCCCCCCCCCCCCCCCCCC. The molecule has 0 heterocycles. The van der Waals surface area contributed by atoms with Gasteiger partial charge in [-0.2, -0.15) is 0 Å². The first-order chi connectivity index (χ1) is 14.4. The van der Waals surface area contributed by atoms with Gasteiger partial charge in [-0.3, -0.25) is 0 Å². The van der Waals surface area contributed by atoms with Crippen molar-refractivity contribution in [1.29, 1.82) is 0 Å². The minimum absolute atomic E-state index is 0.624. The molecular weight excluding hydrogens is 336 g/mol. The Morgan fingerprint density at radius 1 is 0.286 bits per heavy atom. The van der Waals surface area contributed by atoms with E-state index in [0.29, 0.717) is 6.90 Å². The Bertz CT molecular complexity index is 237. The van der Waals surface area contributed by atoms with Crippen LogP contribution in [0.5, 0.6) is 0 Å². The molecule has 0 aliphatic heterocycles. The molecule has 0 saturated heterocycles. The van der Waals surface area contributed by atoms with E-state index in [1.54, 1.807) is 0 Å². The maximum absolute atomic E-state index is 7.14. The first-order valence-electron chi connectivity index (χ1n) is 14.4. The number of hydrogen-bond donors (Lipinski definition) is 0. The molecule has 0 saturated carbocycles. The zero-order valence-electron chi connectivity index (χ0n) is 21.1. The largest absolute Gasteiger partial charge is 0.0654 e. The highest BCUT2D eigenvalue weighted by molar-refractivity contribution is 4.51. The van der Waals surface area contributed by atoms with Crippen LogP contribution in [0.2, 0.25) is 0 Å². The molecule has 0 heteroatoms. The van der Waals surface area contributed by atoms with Crippen LogP contribution >= 0.6 is 0 Å². The molecule has 170 valence electrons. The van der Waals surface area contributed by atoms with E-state index in [0.717, 1.165) is 6.42 Å². The molecule has 0 atom stereocenters. The predicted octanol–water partition coefficient (Wildman–Crippen LogP) is 11.2. The maximum atomic E-state index is 7.14. The molecule has 0 aromatic rings. The van der Waals surface area contributed by atoms with Gasteiger partial charge < -0.3 is 0 Å². The summed E-state index contributed by atoms with van der Waals surface area (Å²) in [6.45, 7) is 2.93. The quantitative estimate of drug-likeness (QED) is 0.135. The van der Waals surface area contributed by atoms with Gasteiger partial charge in [-0.05, 0) is 0 Å². The summed E-state index contributed by atoms with van der Waals surface area (Å²) in [5, 5.41) is 0. The predicted molar refractivity (Wildman–Crippen MR) is 131 cm³/mol. The molecule has 0 rings (SSSR count). The van der Waals surface area contributed by atoms with E-state index in [1.165, 1.54) is 161 Å². The Kier molecular flexibility index (Phi) is 25.1. The summed E-state index contributed by atoms with van der Waals surface area (Å²) >= 11 is 0. The highest BCUT2D eigenvalue weighted by Gasteiger charge is 1.96. The van der Waals surface area contributed by atoms with Crippen molar-refractivity contribution in [1.82, 2.24) is 0 Å². The van der Waals surface area contributed by atoms with E-state index >= 15 is 0 Å². The summed E-state index contributed by atoms with van der Waals surface area (Å²) in [6.07, 6.45) is 37.4. The number of rotatable bonds is 25. The Morgan fingerprint density at radius 2 is 0.464 bits per heavy atom. The summed E-state index contributed by atoms with van der Waals surface area (Å²) in [7, 11) is 0. The topological polar surface area (TPSA) is 0 Å². The van der Waals surface area contributed by atoms with Crippen LogP contribution in [0.15, 0.2) is 0 Å². The van der Waals surface area contributed by atoms with Gasteiger partial charge >= 0.3 is 0 Å². The van der Waals surface area contributed by atoms with E-state index in [-0.39, 0.29) is 0 Å². The Balaban J connectivity index is 2.97. The monoisotopic (exact) mass is 395 g/mol. The van der Waals surface area contributed by atoms with E-state index in [2.05, 4.69) is 6.92 Å². The highest BCUT2D eigenvalue weighted by Crippen LogP contribution is 2.15. The number of hydrogen-bond acceptors (Lipinski definition) is 0. The van der Waals surface area contributed by atoms with Gasteiger partial charge in [0.05, 0.1) is 0 Å². The molecule has 0 unspecified atom stereocenters. The van der Waals surface area contributed by atoms with Gasteiger partial charge in [0.15, 0.2) is 0 Å². The van der Waals surface area contributed by atoms with Crippen LogP contribution in [0.1, 0.15) is 182 Å². The summed E-state index contributed by atoms with van der Waals surface area (Å²) in [5.41, 5.74) is 0. The van der Waals surface area contributed by atoms with E-state index in [9.17, 15) is 0 Å². The van der Waals surface area contributed by atoms with Crippen molar-refractivity contribution >= 4 is 0 Å². The zero-order chi connectivity index (χ0) is 21.1. The molecular formula is C28H58. The molecule has 0 nitrogen and oxygen atoms in total. The van der Waals surface area contributed by atoms with Crippen molar-refractivity contribution in [3.05, 3.63) is 0 Å². The molecule has 0 aromatic heterocycles. The lowest BCUT2D eigenvalue weighted by atomic mass is 10.0. The summed E-state index contributed by atoms with van der Waals surface area (Å²) in [6, 6.07) is 0. The van der Waals surface area contributed by atoms with Gasteiger partial charge in [-0.15, -0.1) is 0 Å². The third kappa shape index (κ3) is 26.0. The second-order valence-corrected chi connectivity index (χ2v) is 9.34. The van der Waals surface area contributed by atoms with Crippen LogP contribution in [0, 0.1) is 0 Å². The summed E-state index contributed by atoms with van der Waals surface area (Å²) < 4.78 is 7.14. The lowest BCUT2D eigenvalue weighted by molar-refractivity contribution is 0.516. The Hall–Kier alpha value is 0. The minimum Gasteiger partial charge on any atom is -0.0654 e. The third-order valence-corrected chi connectivity index (χ3v) is 6.35. The van der Waals surface area contributed by atoms with Gasteiger partial charge in [-0.1, -0.05) is 181 Å². The van der Waals surface area contributed by atoms with E-state index < -0.39 is 0 Å². The Morgan fingerprint density at radius 3 is 0.643 bits per heavy atom. The van der Waals surface area contributed by atoms with Crippen molar-refractivity contribution in [3.8, 4) is 0 Å². The van der Waals surface area contributed by atoms with Crippen molar-refractivity contribution in [2.75, 3.05) is 0 Å². The van der Waals surface area contributed by atoms with Crippen LogP contribution in [0.25, 0.3) is 0 Å². The van der Waals surface area contributed by atoms with Crippen molar-refractivity contribution in [2.45, 2.75) is 181 Å². The van der Waals surface area contributed by atoms with Gasteiger partial charge in [-0.25, -0.2) is 0 Å². The highest BCUT2D eigenvalue weighted by atomic mass is 14.0. The lowest BCUT2D eigenvalue weighted by Crippen LogP contribution is -1.84. The second-order valence-electron chi connectivity index (χ2n) is 9.34. The first-order valence-corrected chi connectivity index (χ1v) is 13.7. The first kappa shape index (κ1) is 26.0. The Labute approximate surface area is 182 Å². The molecule has 0 aliphatic carbocycles. The lowest BCUT2D eigenvalue weighted by Gasteiger charge is -2.04. The van der Waals surface area contributed by atoms with Crippen molar-refractivity contribution in [3.63, 3.8) is 0 Å². The minimum atomic E-state index is 0.624. The molecule has 0 aromatic carbocycles. The van der Waals surface area contributed by atoms with E-state index in [4.69, 9.17) is 1.37 Å². The van der Waals surface area contributed by atoms with Crippen LogP contribution in [0.3, 0.4) is 0 Å². The standard InChI is InChI=1S/C28H58/c1-3-5-7-9-11-13-15-17-19-21-23-25-27-28-26-24-22-20-18-16-14-12-10-8-6-4-2/h3-28H2,1-2H3/i1D. The smallest absolute Gasteiger partial charge is 0.0230 e. The van der Waals surface area contributed by atoms with Gasteiger partial charge in [0.1, 0.15) is 0 Å². The molecule has 0 radical (unpaired) electrons. The fourth-order valence-corrected chi connectivity index (χ4v) is 4.32. The average molecular weight is 396 g/mol. The molecule has 0 spiro atoms. The fraction of sp³-hybridized carbons (Fsp3) is 1.00. The van der Waals surface area contributed by atoms with Crippen molar-refractivity contribution in [2.24, 2.45) is 0 Å². The second kappa shape index (κ2) is 27.0. The normalized spacial score (nSPS) is 11.8. The molecule has 0 fully saturated rings. The molecule has 0 aliphatic rings. The van der Waals surface area contributed by atoms with Gasteiger partial charge in [0.25, 0.3) is 0 Å². The van der Waals surface area contributed by atoms with Gasteiger partial charge in [0.2, 0.25) is 0 Å². The summed E-state index contributed by atoms with van der Waals surface area (Å²) in [5.74, 6) is 0. The molecule has 28 heavy (non-hydrogen) atoms. The molecule has 0 amide bonds. The fourth-order valence-electron chi connectivity index (χ4n) is 4.32. The van der Waals surface area contributed by atoms with Crippen LogP contribution in [-0.2, 0) is 0 Å². The molecule has 0 N–H and O–H groups in total. The third-order valence-electron chi connectivity index (χ3n) is 6.35. The van der Waals surface area contributed by atoms with Crippen LogP contribution < -0.4 is 0 Å². The average Bonchev–Trinajstić information content (AvgIpc) is 2.74.